The molecule has 0 aliphatic carbocycles. The molecule has 2 aliphatic rings. The van der Waals surface area contributed by atoms with Crippen LogP contribution in [0, 0.1) is 27.7 Å². The van der Waals surface area contributed by atoms with Gasteiger partial charge in [-0.2, -0.15) is 36.5 Å². The number of fused-ring (bicyclic) bond motifs is 2. The van der Waals surface area contributed by atoms with Gasteiger partial charge < -0.3 is 29.5 Å². The molecule has 424 valence electrons. The summed E-state index contributed by atoms with van der Waals surface area (Å²) in [5.74, 6) is 0.258. The van der Waals surface area contributed by atoms with Crippen LogP contribution in [0.4, 0.5) is 26.3 Å². The molecule has 4 atom stereocenters. The number of thiophene rings is 2. The monoisotopic (exact) mass is 1150 g/mol. The highest BCUT2D eigenvalue weighted by atomic mass is 32.1. The van der Waals surface area contributed by atoms with Crippen molar-refractivity contribution in [1.82, 2.24) is 48.8 Å². The standard InChI is InChI=1S/2C28H30F3N5O3S/c2*1-16-11-23(40-15-16)22(14-37)34-9-10-35(17(2)13-34)27(38)21-12-32-36-25(28(29,30)31)18(3)24(33-26(21)36)19-5-7-20(39-4)8-6-19/h2*5-8,11-12,15,17,22,37H,9-10,13-14H2,1-4H3/t17-,22+;17-,22-/m11/s1. The van der Waals surface area contributed by atoms with Gasteiger partial charge in [0.15, 0.2) is 22.7 Å². The number of piperazine rings is 2. The van der Waals surface area contributed by atoms with Gasteiger partial charge in [0.1, 0.15) is 22.6 Å². The third kappa shape index (κ3) is 11.4. The minimum absolute atomic E-state index is 0.00755. The number of aryl methyl sites for hydroxylation is 2. The van der Waals surface area contributed by atoms with Crippen molar-refractivity contribution in [2.45, 2.75) is 78.1 Å². The lowest BCUT2D eigenvalue weighted by atomic mass is 10.0. The number of alkyl halides is 6. The zero-order chi connectivity index (χ0) is 57.5. The van der Waals surface area contributed by atoms with E-state index in [0.717, 1.165) is 29.9 Å². The summed E-state index contributed by atoms with van der Waals surface area (Å²) in [5, 5.41) is 32.2. The number of nitrogens with zero attached hydrogens (tertiary/aromatic N) is 10. The Kier molecular flexibility index (Phi) is 16.8. The summed E-state index contributed by atoms with van der Waals surface area (Å²) in [6.07, 6.45) is -7.11. The molecule has 0 saturated carbocycles. The summed E-state index contributed by atoms with van der Waals surface area (Å²) in [6.45, 7) is 13.1. The normalized spacial score (nSPS) is 17.4. The number of hydrogen-bond donors (Lipinski definition) is 2. The Bertz CT molecular complexity index is 3300. The second kappa shape index (κ2) is 23.3. The number of carbonyl (C=O) groups excluding carboxylic acids is 2. The van der Waals surface area contributed by atoms with Crippen LogP contribution in [0.2, 0.25) is 0 Å². The van der Waals surface area contributed by atoms with Crippen molar-refractivity contribution in [2.75, 3.05) is 66.7 Å². The van der Waals surface area contributed by atoms with E-state index in [9.17, 15) is 46.1 Å². The topological polar surface area (TPSA) is 166 Å². The van der Waals surface area contributed by atoms with Gasteiger partial charge in [0.05, 0.1) is 63.3 Å². The van der Waals surface area contributed by atoms with E-state index in [1.54, 1.807) is 81.0 Å². The Morgan fingerprint density at radius 1 is 0.613 bits per heavy atom. The van der Waals surface area contributed by atoms with Gasteiger partial charge in [-0.05, 0) is 124 Å². The van der Waals surface area contributed by atoms with Gasteiger partial charge in [-0.1, -0.05) is 0 Å². The molecular weight excluding hydrogens is 1090 g/mol. The van der Waals surface area contributed by atoms with Crippen LogP contribution in [0.3, 0.4) is 0 Å². The quantitative estimate of drug-likeness (QED) is 0.111. The molecule has 8 heterocycles. The number of aromatic nitrogens is 6. The highest BCUT2D eigenvalue weighted by Crippen LogP contribution is 2.40. The van der Waals surface area contributed by atoms with Crippen LogP contribution < -0.4 is 9.47 Å². The van der Waals surface area contributed by atoms with Crippen molar-refractivity contribution >= 4 is 45.8 Å². The van der Waals surface area contributed by atoms with Crippen molar-refractivity contribution in [2.24, 2.45) is 0 Å². The molecule has 6 aromatic heterocycles. The Hall–Kier alpha value is -6.96. The Morgan fingerprint density at radius 2 is 0.975 bits per heavy atom. The SMILES string of the molecule is COc1ccc(-c2nc3c(C(=O)N4CCN([C@@H](CO)c5cc(C)cs5)C[C@H]4C)cnn3c(C(F)(F)F)c2C)cc1.COc1ccc(-c2nc3c(C(=O)N4CCN([C@H](CO)c5cc(C)cs5)C[C@H]4C)cnn3c(C(F)(F)F)c2C)cc1. The second-order valence-corrected chi connectivity index (χ2v) is 21.9. The smallest absolute Gasteiger partial charge is 0.433 e. The van der Waals surface area contributed by atoms with E-state index in [1.165, 1.54) is 40.5 Å². The number of aliphatic hydroxyl groups is 2. The first-order valence-corrected chi connectivity index (χ1v) is 27.4. The Labute approximate surface area is 465 Å². The number of hydrogen-bond acceptors (Lipinski definition) is 14. The zero-order valence-electron chi connectivity index (χ0n) is 45.1. The highest BCUT2D eigenvalue weighted by Gasteiger charge is 2.42. The third-order valence-electron chi connectivity index (χ3n) is 14.7. The molecule has 0 bridgehead atoms. The van der Waals surface area contributed by atoms with Gasteiger partial charge in [-0.3, -0.25) is 19.4 Å². The van der Waals surface area contributed by atoms with Crippen molar-refractivity contribution in [3.05, 3.63) is 138 Å². The second-order valence-electron chi connectivity index (χ2n) is 20.0. The number of halogens is 6. The van der Waals surface area contributed by atoms with Gasteiger partial charge in [-0.25, -0.2) is 19.0 Å². The molecule has 0 unspecified atom stereocenters. The fourth-order valence-corrected chi connectivity index (χ4v) is 12.7. The molecule has 8 aromatic rings. The number of carbonyl (C=O) groups is 2. The van der Waals surface area contributed by atoms with Gasteiger partial charge in [0.2, 0.25) is 0 Å². The maximum atomic E-state index is 14.3. The van der Waals surface area contributed by atoms with Gasteiger partial charge in [0.25, 0.3) is 11.8 Å². The number of aliphatic hydroxyl groups excluding tert-OH is 2. The zero-order valence-corrected chi connectivity index (χ0v) is 46.8. The summed E-state index contributed by atoms with van der Waals surface area (Å²) >= 11 is 3.18. The lowest BCUT2D eigenvalue weighted by molar-refractivity contribution is -0.144. The lowest BCUT2D eigenvalue weighted by Gasteiger charge is -2.42. The molecule has 2 N–H and O–H groups in total. The molecule has 0 spiro atoms. The van der Waals surface area contributed by atoms with Gasteiger partial charge in [-0.15, -0.1) is 22.7 Å². The van der Waals surface area contributed by atoms with Crippen LogP contribution in [-0.4, -0.2) is 150 Å². The van der Waals surface area contributed by atoms with Gasteiger partial charge in [0, 0.05) is 83.4 Å². The first-order chi connectivity index (χ1) is 38.1. The van der Waals surface area contributed by atoms with Crippen LogP contribution in [0.15, 0.2) is 83.8 Å². The minimum atomic E-state index is -4.72. The van der Waals surface area contributed by atoms with Crippen LogP contribution in [-0.2, 0) is 12.4 Å². The van der Waals surface area contributed by atoms with Gasteiger partial charge >= 0.3 is 12.4 Å². The molecule has 2 aromatic carbocycles. The summed E-state index contributed by atoms with van der Waals surface area (Å²) < 4.78 is 97.5. The maximum absolute atomic E-state index is 14.3. The van der Waals surface area contributed by atoms with Crippen LogP contribution in [0.5, 0.6) is 11.5 Å². The van der Waals surface area contributed by atoms with Crippen molar-refractivity contribution in [3.63, 3.8) is 0 Å². The number of amides is 2. The van der Waals surface area contributed by atoms with E-state index in [4.69, 9.17) is 9.47 Å². The molecule has 80 heavy (non-hydrogen) atoms. The first kappa shape index (κ1) is 57.7. The maximum Gasteiger partial charge on any atom is 0.433 e. The number of ether oxygens (including phenoxy) is 2. The minimum Gasteiger partial charge on any atom is -0.497 e. The number of benzene rings is 2. The van der Waals surface area contributed by atoms with Crippen molar-refractivity contribution in [3.8, 4) is 34.0 Å². The molecule has 16 nitrogen and oxygen atoms in total. The Balaban J connectivity index is 0.000000194. The average Bonchev–Trinajstić information content (AvgIpc) is 4.42. The summed E-state index contributed by atoms with van der Waals surface area (Å²) in [7, 11) is 3.01. The summed E-state index contributed by atoms with van der Waals surface area (Å²) in [5.41, 5.74) is 1.01. The molecule has 2 fully saturated rings. The van der Waals surface area contributed by atoms with Crippen molar-refractivity contribution in [1.29, 1.82) is 0 Å². The fraction of sp³-hybridized carbons (Fsp3) is 0.393. The predicted octanol–water partition coefficient (Wildman–Crippen LogP) is 9.96. The number of methoxy groups -OCH3 is 2. The van der Waals surface area contributed by atoms with E-state index >= 15 is 0 Å². The van der Waals surface area contributed by atoms with E-state index in [1.807, 2.05) is 38.5 Å². The summed E-state index contributed by atoms with van der Waals surface area (Å²) in [4.78, 5) is 46.3. The van der Waals surface area contributed by atoms with Crippen LogP contribution in [0.25, 0.3) is 33.8 Å². The van der Waals surface area contributed by atoms with E-state index in [0.29, 0.717) is 61.9 Å². The average molecular weight is 1150 g/mol. The molecule has 2 aliphatic heterocycles. The van der Waals surface area contributed by atoms with E-state index in [2.05, 4.69) is 42.1 Å². The van der Waals surface area contributed by atoms with Crippen LogP contribution >= 0.6 is 22.7 Å². The van der Waals surface area contributed by atoms with E-state index in [-0.39, 0.29) is 82.3 Å². The first-order valence-electron chi connectivity index (χ1n) is 25.7. The fourth-order valence-electron chi connectivity index (χ4n) is 10.7. The molecule has 24 heteroatoms. The van der Waals surface area contributed by atoms with E-state index < -0.39 is 35.6 Å². The molecule has 0 radical (unpaired) electrons. The molecular formula is C56H60F6N10O6S2. The Morgan fingerprint density at radius 3 is 1.26 bits per heavy atom. The van der Waals surface area contributed by atoms with Crippen LogP contribution in [0.1, 0.15) is 90.0 Å². The largest absolute Gasteiger partial charge is 0.497 e. The third-order valence-corrected chi connectivity index (χ3v) is 17.0. The molecule has 2 saturated heterocycles. The molecule has 2 amide bonds. The summed E-state index contributed by atoms with van der Waals surface area (Å²) in [6, 6.07) is 16.4. The molecule has 10 rings (SSSR count). The van der Waals surface area contributed by atoms with Crippen molar-refractivity contribution < 1.29 is 55.6 Å². The number of rotatable bonds is 12. The predicted molar refractivity (Wildman–Crippen MR) is 291 cm³/mol. The lowest BCUT2D eigenvalue weighted by Crippen LogP contribution is -2.55. The highest BCUT2D eigenvalue weighted by molar-refractivity contribution is 7.10.